The summed E-state index contributed by atoms with van der Waals surface area (Å²) >= 11 is 3.45. The molecule has 1 amide bonds. The summed E-state index contributed by atoms with van der Waals surface area (Å²) in [5.74, 6) is -1.51. The molecule has 1 unspecified atom stereocenters. The van der Waals surface area contributed by atoms with E-state index in [0.717, 1.165) is 22.9 Å². The van der Waals surface area contributed by atoms with Gasteiger partial charge in [0.1, 0.15) is 0 Å². The van der Waals surface area contributed by atoms with Crippen molar-refractivity contribution in [3.63, 3.8) is 0 Å². The highest BCUT2D eigenvalue weighted by Gasteiger charge is 2.35. The SMILES string of the molecule is Cc1cccc(C(=O)N(CC(C)C(=O)O)C2CC2)c1Br. The summed E-state index contributed by atoms with van der Waals surface area (Å²) in [4.78, 5) is 25.4. The van der Waals surface area contributed by atoms with Crippen LogP contribution >= 0.6 is 15.9 Å². The number of hydrogen-bond acceptors (Lipinski definition) is 2. The first-order valence-corrected chi connectivity index (χ1v) is 7.50. The van der Waals surface area contributed by atoms with Crippen LogP contribution in [0.3, 0.4) is 0 Å². The molecule has 4 nitrogen and oxygen atoms in total. The standard InChI is InChI=1S/C15H18BrNO3/c1-9-4-3-5-12(13(9)16)14(18)17(11-6-7-11)8-10(2)15(19)20/h3-5,10-11H,6-8H2,1-2H3,(H,19,20). The van der Waals surface area contributed by atoms with Gasteiger partial charge in [0.25, 0.3) is 5.91 Å². The predicted octanol–water partition coefficient (Wildman–Crippen LogP) is 3.08. The van der Waals surface area contributed by atoms with E-state index in [4.69, 9.17) is 5.11 Å². The molecule has 0 aromatic heterocycles. The van der Waals surface area contributed by atoms with Crippen LogP contribution in [0, 0.1) is 12.8 Å². The van der Waals surface area contributed by atoms with Crippen molar-refractivity contribution in [2.45, 2.75) is 32.7 Å². The molecule has 1 atom stereocenters. The molecule has 1 aliphatic carbocycles. The van der Waals surface area contributed by atoms with E-state index in [1.165, 1.54) is 0 Å². The second kappa shape index (κ2) is 5.95. The van der Waals surface area contributed by atoms with Gasteiger partial charge in [-0.1, -0.05) is 19.1 Å². The van der Waals surface area contributed by atoms with E-state index in [9.17, 15) is 9.59 Å². The van der Waals surface area contributed by atoms with Gasteiger partial charge in [-0.05, 0) is 47.3 Å². The lowest BCUT2D eigenvalue weighted by atomic mass is 10.1. The Morgan fingerprint density at radius 2 is 2.10 bits per heavy atom. The Hall–Kier alpha value is -1.36. The normalized spacial score (nSPS) is 15.8. The minimum absolute atomic E-state index is 0.0869. The first-order chi connectivity index (χ1) is 9.41. The predicted molar refractivity (Wildman–Crippen MR) is 79.7 cm³/mol. The van der Waals surface area contributed by atoms with Crippen molar-refractivity contribution < 1.29 is 14.7 Å². The third-order valence-electron chi connectivity index (χ3n) is 3.56. The molecule has 0 bridgehead atoms. The number of carbonyl (C=O) groups excluding carboxylic acids is 1. The van der Waals surface area contributed by atoms with E-state index in [1.807, 2.05) is 19.1 Å². The number of benzene rings is 1. The fraction of sp³-hybridized carbons (Fsp3) is 0.467. The van der Waals surface area contributed by atoms with E-state index in [2.05, 4.69) is 15.9 Å². The summed E-state index contributed by atoms with van der Waals surface area (Å²) < 4.78 is 0.790. The van der Waals surface area contributed by atoms with Gasteiger partial charge in [0.15, 0.2) is 0 Å². The zero-order chi connectivity index (χ0) is 14.9. The Balaban J connectivity index is 2.23. The number of carboxylic acids is 1. The Kier molecular flexibility index (Phi) is 4.48. The number of rotatable bonds is 5. The zero-order valence-corrected chi connectivity index (χ0v) is 13.2. The zero-order valence-electron chi connectivity index (χ0n) is 11.6. The van der Waals surface area contributed by atoms with Crippen molar-refractivity contribution in [1.82, 2.24) is 4.90 Å². The van der Waals surface area contributed by atoms with Crippen LogP contribution in [0.5, 0.6) is 0 Å². The number of amides is 1. The number of carboxylic acid groups (broad SMARTS) is 1. The highest BCUT2D eigenvalue weighted by Crippen LogP contribution is 2.31. The quantitative estimate of drug-likeness (QED) is 0.896. The van der Waals surface area contributed by atoms with Gasteiger partial charge in [-0.2, -0.15) is 0 Å². The number of nitrogens with zero attached hydrogens (tertiary/aromatic N) is 1. The summed E-state index contributed by atoms with van der Waals surface area (Å²) in [6.07, 6.45) is 1.92. The lowest BCUT2D eigenvalue weighted by Crippen LogP contribution is -2.38. The smallest absolute Gasteiger partial charge is 0.308 e. The van der Waals surface area contributed by atoms with Gasteiger partial charge in [0.05, 0.1) is 11.5 Å². The van der Waals surface area contributed by atoms with Crippen molar-refractivity contribution in [3.05, 3.63) is 33.8 Å². The second-order valence-corrected chi connectivity index (χ2v) is 6.16. The van der Waals surface area contributed by atoms with Gasteiger partial charge in [-0.3, -0.25) is 9.59 Å². The Morgan fingerprint density at radius 3 is 2.65 bits per heavy atom. The first kappa shape index (κ1) is 15.0. The van der Waals surface area contributed by atoms with Gasteiger partial charge in [-0.25, -0.2) is 0 Å². The third kappa shape index (κ3) is 3.20. The third-order valence-corrected chi connectivity index (χ3v) is 4.62. The molecule has 2 rings (SSSR count). The minimum atomic E-state index is -0.869. The van der Waals surface area contributed by atoms with Gasteiger partial charge < -0.3 is 10.0 Å². The molecule has 108 valence electrons. The molecule has 1 N–H and O–H groups in total. The molecule has 0 spiro atoms. The Labute approximate surface area is 126 Å². The lowest BCUT2D eigenvalue weighted by molar-refractivity contribution is -0.141. The summed E-state index contributed by atoms with van der Waals surface area (Å²) in [7, 11) is 0. The summed E-state index contributed by atoms with van der Waals surface area (Å²) in [6, 6.07) is 5.75. The van der Waals surface area contributed by atoms with E-state index in [0.29, 0.717) is 5.56 Å². The average Bonchev–Trinajstić information content (AvgIpc) is 3.22. The highest BCUT2D eigenvalue weighted by molar-refractivity contribution is 9.10. The number of carbonyl (C=O) groups is 2. The molecular weight excluding hydrogens is 322 g/mol. The van der Waals surface area contributed by atoms with Crippen molar-refractivity contribution >= 4 is 27.8 Å². The van der Waals surface area contributed by atoms with Crippen molar-refractivity contribution in [2.24, 2.45) is 5.92 Å². The molecule has 1 aromatic carbocycles. The highest BCUT2D eigenvalue weighted by atomic mass is 79.9. The lowest BCUT2D eigenvalue weighted by Gasteiger charge is -2.25. The van der Waals surface area contributed by atoms with Crippen molar-refractivity contribution in [1.29, 1.82) is 0 Å². The topological polar surface area (TPSA) is 57.6 Å². The van der Waals surface area contributed by atoms with E-state index < -0.39 is 11.9 Å². The fourth-order valence-electron chi connectivity index (χ4n) is 2.12. The summed E-state index contributed by atoms with van der Waals surface area (Å²) in [5.41, 5.74) is 1.60. The Bertz CT molecular complexity index is 540. The number of aliphatic carboxylic acids is 1. The van der Waals surface area contributed by atoms with Gasteiger partial charge in [-0.15, -0.1) is 0 Å². The van der Waals surface area contributed by atoms with E-state index in [-0.39, 0.29) is 18.5 Å². The average molecular weight is 340 g/mol. The monoisotopic (exact) mass is 339 g/mol. The summed E-state index contributed by atoms with van der Waals surface area (Å²) in [5, 5.41) is 9.04. The van der Waals surface area contributed by atoms with Crippen LogP contribution in [0.1, 0.15) is 35.7 Å². The minimum Gasteiger partial charge on any atom is -0.481 e. The number of aryl methyl sites for hydroxylation is 1. The van der Waals surface area contributed by atoms with Gasteiger partial charge in [0, 0.05) is 17.1 Å². The van der Waals surface area contributed by atoms with Crippen molar-refractivity contribution in [3.8, 4) is 0 Å². The maximum atomic E-state index is 12.7. The molecule has 5 heteroatoms. The maximum absolute atomic E-state index is 12.7. The molecule has 20 heavy (non-hydrogen) atoms. The fourth-order valence-corrected chi connectivity index (χ4v) is 2.56. The molecular formula is C15H18BrNO3. The molecule has 0 saturated heterocycles. The Morgan fingerprint density at radius 1 is 1.45 bits per heavy atom. The molecule has 0 heterocycles. The van der Waals surface area contributed by atoms with Crippen LogP contribution in [0.2, 0.25) is 0 Å². The second-order valence-electron chi connectivity index (χ2n) is 5.36. The molecule has 1 saturated carbocycles. The molecule has 0 radical (unpaired) electrons. The van der Waals surface area contributed by atoms with Crippen LogP contribution < -0.4 is 0 Å². The molecule has 1 aromatic rings. The molecule has 0 aliphatic heterocycles. The van der Waals surface area contributed by atoms with Crippen LogP contribution in [0.15, 0.2) is 22.7 Å². The van der Waals surface area contributed by atoms with Crippen LogP contribution in [0.25, 0.3) is 0 Å². The van der Waals surface area contributed by atoms with Gasteiger partial charge in [0.2, 0.25) is 0 Å². The largest absolute Gasteiger partial charge is 0.481 e. The number of hydrogen-bond donors (Lipinski definition) is 1. The summed E-state index contributed by atoms with van der Waals surface area (Å²) in [6.45, 7) is 3.83. The number of halogens is 1. The van der Waals surface area contributed by atoms with Crippen molar-refractivity contribution in [2.75, 3.05) is 6.54 Å². The molecule has 1 fully saturated rings. The van der Waals surface area contributed by atoms with Gasteiger partial charge >= 0.3 is 5.97 Å². The van der Waals surface area contributed by atoms with Crippen LogP contribution in [-0.2, 0) is 4.79 Å². The first-order valence-electron chi connectivity index (χ1n) is 6.70. The van der Waals surface area contributed by atoms with E-state index >= 15 is 0 Å². The molecule has 1 aliphatic rings. The van der Waals surface area contributed by atoms with E-state index in [1.54, 1.807) is 17.9 Å². The maximum Gasteiger partial charge on any atom is 0.308 e. The van der Waals surface area contributed by atoms with Crippen LogP contribution in [0.4, 0.5) is 0 Å². The van der Waals surface area contributed by atoms with Crippen LogP contribution in [-0.4, -0.2) is 34.5 Å².